The van der Waals surface area contributed by atoms with E-state index in [4.69, 9.17) is 4.42 Å². The smallest absolute Gasteiger partial charge is 0.101 e. The SMILES string of the molecule is CCNC(c1coc(C)c1)c1ccc(C)s1. The third kappa shape index (κ3) is 2.36. The van der Waals surface area contributed by atoms with Crippen molar-refractivity contribution in [3.63, 3.8) is 0 Å². The molecule has 1 N–H and O–H groups in total. The fraction of sp³-hybridized carbons (Fsp3) is 0.385. The molecule has 0 spiro atoms. The van der Waals surface area contributed by atoms with E-state index in [1.165, 1.54) is 15.3 Å². The van der Waals surface area contributed by atoms with Crippen molar-refractivity contribution < 1.29 is 4.42 Å². The highest BCUT2D eigenvalue weighted by atomic mass is 32.1. The molecule has 0 aliphatic rings. The summed E-state index contributed by atoms with van der Waals surface area (Å²) in [7, 11) is 0. The van der Waals surface area contributed by atoms with Crippen LogP contribution in [0, 0.1) is 13.8 Å². The Morgan fingerprint density at radius 2 is 2.19 bits per heavy atom. The molecule has 0 aliphatic carbocycles. The third-order valence-corrected chi connectivity index (χ3v) is 3.60. The van der Waals surface area contributed by atoms with Crippen LogP contribution in [0.2, 0.25) is 0 Å². The van der Waals surface area contributed by atoms with Crippen molar-refractivity contribution in [3.05, 3.63) is 45.5 Å². The van der Waals surface area contributed by atoms with Gasteiger partial charge >= 0.3 is 0 Å². The van der Waals surface area contributed by atoms with E-state index in [1.54, 1.807) is 0 Å². The third-order valence-electron chi connectivity index (χ3n) is 2.54. The van der Waals surface area contributed by atoms with E-state index in [0.29, 0.717) is 0 Å². The van der Waals surface area contributed by atoms with Crippen molar-refractivity contribution >= 4 is 11.3 Å². The second-order valence-corrected chi connectivity index (χ2v) is 5.25. The van der Waals surface area contributed by atoms with Gasteiger partial charge in [0, 0.05) is 15.3 Å². The second-order valence-electron chi connectivity index (χ2n) is 3.93. The lowest BCUT2D eigenvalue weighted by Crippen LogP contribution is -2.20. The summed E-state index contributed by atoms with van der Waals surface area (Å²) in [6.07, 6.45) is 1.84. The van der Waals surface area contributed by atoms with Crippen LogP contribution in [0.25, 0.3) is 0 Å². The van der Waals surface area contributed by atoms with Crippen molar-refractivity contribution in [2.75, 3.05) is 6.54 Å². The standard InChI is InChI=1S/C13H17NOS/c1-4-14-13(11-7-9(2)15-8-11)12-6-5-10(3)16-12/h5-8,13-14H,4H2,1-3H3. The molecule has 2 aromatic heterocycles. The Bertz CT molecular complexity index is 418. The molecule has 0 aromatic carbocycles. The Morgan fingerprint density at radius 3 is 2.69 bits per heavy atom. The van der Waals surface area contributed by atoms with Crippen LogP contribution in [0.15, 0.2) is 28.9 Å². The molecule has 86 valence electrons. The first-order chi connectivity index (χ1) is 7.70. The molecule has 0 bridgehead atoms. The van der Waals surface area contributed by atoms with Gasteiger partial charge in [-0.15, -0.1) is 11.3 Å². The average Bonchev–Trinajstić information content (AvgIpc) is 2.84. The zero-order valence-electron chi connectivity index (χ0n) is 9.91. The van der Waals surface area contributed by atoms with Crippen molar-refractivity contribution in [1.29, 1.82) is 0 Å². The second kappa shape index (κ2) is 4.85. The normalized spacial score (nSPS) is 12.9. The number of hydrogen-bond acceptors (Lipinski definition) is 3. The number of rotatable bonds is 4. The largest absolute Gasteiger partial charge is 0.469 e. The van der Waals surface area contributed by atoms with Crippen LogP contribution in [0.3, 0.4) is 0 Å². The lowest BCUT2D eigenvalue weighted by atomic mass is 10.1. The van der Waals surface area contributed by atoms with Crippen LogP contribution in [0.4, 0.5) is 0 Å². The number of aryl methyl sites for hydroxylation is 2. The Kier molecular flexibility index (Phi) is 3.46. The predicted octanol–water partition coefficient (Wildman–Crippen LogP) is 3.66. The summed E-state index contributed by atoms with van der Waals surface area (Å²) in [6, 6.07) is 6.72. The Morgan fingerprint density at radius 1 is 1.38 bits per heavy atom. The van der Waals surface area contributed by atoms with Crippen molar-refractivity contribution in [3.8, 4) is 0 Å². The van der Waals surface area contributed by atoms with E-state index < -0.39 is 0 Å². The van der Waals surface area contributed by atoms with Crippen molar-refractivity contribution in [1.82, 2.24) is 5.32 Å². The molecule has 1 atom stereocenters. The first kappa shape index (κ1) is 11.4. The fourth-order valence-corrected chi connectivity index (χ4v) is 2.79. The van der Waals surface area contributed by atoms with Gasteiger partial charge in [0.2, 0.25) is 0 Å². The minimum absolute atomic E-state index is 0.265. The van der Waals surface area contributed by atoms with Gasteiger partial charge in [-0.2, -0.15) is 0 Å². The van der Waals surface area contributed by atoms with Crippen molar-refractivity contribution in [2.24, 2.45) is 0 Å². The highest BCUT2D eigenvalue weighted by Gasteiger charge is 2.16. The van der Waals surface area contributed by atoms with Crippen LogP contribution in [0.5, 0.6) is 0 Å². The first-order valence-corrected chi connectivity index (χ1v) is 6.37. The zero-order chi connectivity index (χ0) is 11.5. The maximum absolute atomic E-state index is 5.38. The molecular formula is C13H17NOS. The molecule has 0 aliphatic heterocycles. The summed E-state index contributed by atoms with van der Waals surface area (Å²) in [5.74, 6) is 0.964. The van der Waals surface area contributed by atoms with Gasteiger partial charge in [-0.3, -0.25) is 0 Å². The highest BCUT2D eigenvalue weighted by molar-refractivity contribution is 7.12. The van der Waals surface area contributed by atoms with Crippen LogP contribution in [0.1, 0.15) is 34.0 Å². The monoisotopic (exact) mass is 235 g/mol. The highest BCUT2D eigenvalue weighted by Crippen LogP contribution is 2.29. The van der Waals surface area contributed by atoms with Crippen LogP contribution >= 0.6 is 11.3 Å². The molecule has 0 fully saturated rings. The van der Waals surface area contributed by atoms with Gasteiger partial charge in [-0.25, -0.2) is 0 Å². The number of furan rings is 1. The Labute approximate surface area is 100 Å². The topological polar surface area (TPSA) is 25.2 Å². The van der Waals surface area contributed by atoms with Gasteiger partial charge in [0.25, 0.3) is 0 Å². The number of thiophene rings is 1. The van der Waals surface area contributed by atoms with E-state index in [2.05, 4.69) is 37.4 Å². The quantitative estimate of drug-likeness (QED) is 0.875. The first-order valence-electron chi connectivity index (χ1n) is 5.55. The van der Waals surface area contributed by atoms with Crippen LogP contribution in [-0.2, 0) is 0 Å². The number of hydrogen-bond donors (Lipinski definition) is 1. The van der Waals surface area contributed by atoms with E-state index >= 15 is 0 Å². The zero-order valence-corrected chi connectivity index (χ0v) is 10.7. The lowest BCUT2D eigenvalue weighted by Gasteiger charge is -2.14. The van der Waals surface area contributed by atoms with Gasteiger partial charge < -0.3 is 9.73 Å². The molecule has 16 heavy (non-hydrogen) atoms. The summed E-state index contributed by atoms with van der Waals surface area (Å²) >= 11 is 1.84. The molecule has 2 aromatic rings. The number of nitrogens with one attached hydrogen (secondary N) is 1. The molecule has 1 unspecified atom stereocenters. The van der Waals surface area contributed by atoms with E-state index in [-0.39, 0.29) is 6.04 Å². The lowest BCUT2D eigenvalue weighted by molar-refractivity contribution is 0.526. The molecule has 0 amide bonds. The molecule has 0 radical (unpaired) electrons. The molecule has 0 saturated heterocycles. The maximum Gasteiger partial charge on any atom is 0.101 e. The maximum atomic E-state index is 5.38. The minimum atomic E-state index is 0.265. The predicted molar refractivity (Wildman–Crippen MR) is 68.0 cm³/mol. The Balaban J connectivity index is 2.30. The molecule has 0 saturated carbocycles. The minimum Gasteiger partial charge on any atom is -0.469 e. The van der Waals surface area contributed by atoms with E-state index in [1.807, 2.05) is 24.5 Å². The van der Waals surface area contributed by atoms with Crippen molar-refractivity contribution in [2.45, 2.75) is 26.8 Å². The van der Waals surface area contributed by atoms with Gasteiger partial charge in [0.15, 0.2) is 0 Å². The molecule has 2 heterocycles. The summed E-state index contributed by atoms with van der Waals surface area (Å²) in [5.41, 5.74) is 1.21. The van der Waals surface area contributed by atoms with E-state index in [9.17, 15) is 0 Å². The van der Waals surface area contributed by atoms with Crippen LogP contribution in [-0.4, -0.2) is 6.54 Å². The molecular weight excluding hydrogens is 218 g/mol. The summed E-state index contributed by atoms with van der Waals surface area (Å²) < 4.78 is 5.38. The van der Waals surface area contributed by atoms with Gasteiger partial charge in [-0.1, -0.05) is 6.92 Å². The molecule has 2 nitrogen and oxygen atoms in total. The molecule has 2 rings (SSSR count). The van der Waals surface area contributed by atoms with E-state index in [0.717, 1.165) is 12.3 Å². The van der Waals surface area contributed by atoms with Gasteiger partial charge in [0.05, 0.1) is 12.3 Å². The Hall–Kier alpha value is -1.06. The fourth-order valence-electron chi connectivity index (χ4n) is 1.81. The van der Waals surface area contributed by atoms with Gasteiger partial charge in [0.1, 0.15) is 5.76 Å². The average molecular weight is 235 g/mol. The summed E-state index contributed by atoms with van der Waals surface area (Å²) in [6.45, 7) is 7.19. The van der Waals surface area contributed by atoms with Gasteiger partial charge in [-0.05, 0) is 38.6 Å². The summed E-state index contributed by atoms with van der Waals surface area (Å²) in [5, 5.41) is 3.49. The van der Waals surface area contributed by atoms with Crippen LogP contribution < -0.4 is 5.32 Å². The summed E-state index contributed by atoms with van der Waals surface area (Å²) in [4.78, 5) is 2.69. The molecule has 3 heteroatoms.